The maximum Gasteiger partial charge on any atom is 0.317 e. The standard InChI is InChI=1S/C22H32N4O4/c1-2-26-18(19(27)24-16-6-3-4-7-16)14-22(20(26)28)9-11-25(12-10-22)21(29)23-15-17-8-5-13-30-17/h5,8,13,16,18H,2-4,6-7,9-12,14-15H2,1H3,(H,23,29)(H,24,27). The van der Waals surface area contributed by atoms with E-state index in [1.807, 2.05) is 13.0 Å². The third kappa shape index (κ3) is 4.04. The minimum atomic E-state index is -0.522. The van der Waals surface area contributed by atoms with Gasteiger partial charge in [0, 0.05) is 25.7 Å². The molecule has 2 N–H and O–H groups in total. The Kier molecular flexibility index (Phi) is 6.01. The third-order valence-electron chi connectivity index (χ3n) is 7.02. The van der Waals surface area contributed by atoms with E-state index in [0.717, 1.165) is 25.7 Å². The topological polar surface area (TPSA) is 94.9 Å². The molecule has 1 aromatic heterocycles. The number of nitrogens with one attached hydrogen (secondary N) is 2. The zero-order valence-electron chi connectivity index (χ0n) is 17.7. The van der Waals surface area contributed by atoms with Crippen LogP contribution in [0.15, 0.2) is 22.8 Å². The van der Waals surface area contributed by atoms with Crippen molar-refractivity contribution in [2.24, 2.45) is 5.41 Å². The summed E-state index contributed by atoms with van der Waals surface area (Å²) in [5.41, 5.74) is -0.522. The number of urea groups is 1. The van der Waals surface area contributed by atoms with Gasteiger partial charge in [-0.1, -0.05) is 12.8 Å². The molecule has 1 aromatic rings. The molecule has 1 unspecified atom stereocenters. The van der Waals surface area contributed by atoms with Gasteiger partial charge in [0.1, 0.15) is 11.8 Å². The first kappa shape index (κ1) is 20.8. The fourth-order valence-corrected chi connectivity index (χ4v) is 5.22. The summed E-state index contributed by atoms with van der Waals surface area (Å²) in [6.45, 7) is 3.86. The summed E-state index contributed by atoms with van der Waals surface area (Å²) in [6.07, 6.45) is 7.73. The molecule has 3 fully saturated rings. The summed E-state index contributed by atoms with van der Waals surface area (Å²) in [5, 5.41) is 6.03. The van der Waals surface area contributed by atoms with Crippen LogP contribution in [0, 0.1) is 5.41 Å². The second kappa shape index (κ2) is 8.70. The molecule has 8 heteroatoms. The minimum absolute atomic E-state index is 0.00686. The average molecular weight is 417 g/mol. The molecule has 164 valence electrons. The van der Waals surface area contributed by atoms with Gasteiger partial charge in [-0.05, 0) is 51.2 Å². The van der Waals surface area contributed by atoms with E-state index in [4.69, 9.17) is 4.42 Å². The van der Waals surface area contributed by atoms with Crippen LogP contribution in [0.25, 0.3) is 0 Å². The highest BCUT2D eigenvalue weighted by atomic mass is 16.3. The predicted molar refractivity (Wildman–Crippen MR) is 110 cm³/mol. The molecular formula is C22H32N4O4. The average Bonchev–Trinajstić information content (AvgIpc) is 3.50. The van der Waals surface area contributed by atoms with Crippen LogP contribution in [-0.2, 0) is 16.1 Å². The van der Waals surface area contributed by atoms with Gasteiger partial charge >= 0.3 is 6.03 Å². The number of furan rings is 1. The van der Waals surface area contributed by atoms with E-state index in [2.05, 4.69) is 10.6 Å². The Bertz CT molecular complexity index is 764. The van der Waals surface area contributed by atoms with Crippen LogP contribution < -0.4 is 10.6 Å². The second-order valence-corrected chi connectivity index (χ2v) is 8.81. The molecule has 1 spiro atoms. The molecule has 1 aliphatic carbocycles. The highest BCUT2D eigenvalue weighted by Crippen LogP contribution is 2.44. The quantitative estimate of drug-likeness (QED) is 0.770. The van der Waals surface area contributed by atoms with Crippen molar-refractivity contribution in [3.05, 3.63) is 24.2 Å². The molecule has 4 amide bonds. The molecule has 0 aromatic carbocycles. The Balaban J connectivity index is 1.34. The number of rotatable bonds is 5. The Morgan fingerprint density at radius 1 is 1.23 bits per heavy atom. The molecule has 3 heterocycles. The number of amides is 4. The maximum absolute atomic E-state index is 13.2. The third-order valence-corrected chi connectivity index (χ3v) is 7.02. The van der Waals surface area contributed by atoms with Crippen molar-refractivity contribution in [3.8, 4) is 0 Å². The lowest BCUT2D eigenvalue weighted by molar-refractivity contribution is -0.141. The van der Waals surface area contributed by atoms with Gasteiger partial charge in [0.2, 0.25) is 11.8 Å². The van der Waals surface area contributed by atoms with Crippen molar-refractivity contribution in [3.63, 3.8) is 0 Å². The van der Waals surface area contributed by atoms with Gasteiger partial charge in [0.15, 0.2) is 0 Å². The Hall–Kier alpha value is -2.51. The zero-order chi connectivity index (χ0) is 21.1. The number of carbonyl (C=O) groups is 3. The number of likely N-dealkylation sites (N-methyl/N-ethyl adjacent to an activating group) is 1. The molecule has 4 rings (SSSR count). The first-order valence-corrected chi connectivity index (χ1v) is 11.2. The van der Waals surface area contributed by atoms with Gasteiger partial charge < -0.3 is 24.9 Å². The summed E-state index contributed by atoms with van der Waals surface area (Å²) < 4.78 is 5.25. The van der Waals surface area contributed by atoms with E-state index < -0.39 is 5.41 Å². The Morgan fingerprint density at radius 3 is 2.60 bits per heavy atom. The fourth-order valence-electron chi connectivity index (χ4n) is 5.22. The van der Waals surface area contributed by atoms with Crippen LogP contribution in [0.5, 0.6) is 0 Å². The minimum Gasteiger partial charge on any atom is -0.467 e. The van der Waals surface area contributed by atoms with E-state index in [9.17, 15) is 14.4 Å². The summed E-state index contributed by atoms with van der Waals surface area (Å²) in [5.74, 6) is 0.775. The number of nitrogens with zero attached hydrogens (tertiary/aromatic N) is 2. The lowest BCUT2D eigenvalue weighted by Gasteiger charge is -2.37. The van der Waals surface area contributed by atoms with Gasteiger partial charge in [-0.2, -0.15) is 0 Å². The molecule has 2 saturated heterocycles. The van der Waals surface area contributed by atoms with Crippen molar-refractivity contribution in [2.75, 3.05) is 19.6 Å². The van der Waals surface area contributed by atoms with Crippen molar-refractivity contribution < 1.29 is 18.8 Å². The van der Waals surface area contributed by atoms with Crippen LogP contribution >= 0.6 is 0 Å². The molecule has 8 nitrogen and oxygen atoms in total. The van der Waals surface area contributed by atoms with E-state index in [0.29, 0.717) is 51.2 Å². The van der Waals surface area contributed by atoms with E-state index >= 15 is 0 Å². The second-order valence-electron chi connectivity index (χ2n) is 8.81. The van der Waals surface area contributed by atoms with Crippen molar-refractivity contribution >= 4 is 17.8 Å². The van der Waals surface area contributed by atoms with Gasteiger partial charge in [-0.25, -0.2) is 4.79 Å². The highest BCUT2D eigenvalue weighted by molar-refractivity contribution is 5.94. The smallest absolute Gasteiger partial charge is 0.317 e. The first-order valence-electron chi connectivity index (χ1n) is 11.2. The van der Waals surface area contributed by atoms with Crippen LogP contribution in [0.4, 0.5) is 4.79 Å². The van der Waals surface area contributed by atoms with Crippen LogP contribution in [0.1, 0.15) is 57.6 Å². The van der Waals surface area contributed by atoms with Gasteiger partial charge in [-0.3, -0.25) is 9.59 Å². The number of likely N-dealkylation sites (tertiary alicyclic amines) is 2. The van der Waals surface area contributed by atoms with Gasteiger partial charge in [0.25, 0.3) is 0 Å². The van der Waals surface area contributed by atoms with Crippen LogP contribution in [0.3, 0.4) is 0 Å². The number of hydrogen-bond acceptors (Lipinski definition) is 4. The van der Waals surface area contributed by atoms with Gasteiger partial charge in [0.05, 0.1) is 18.2 Å². The monoisotopic (exact) mass is 416 g/mol. The lowest BCUT2D eigenvalue weighted by Crippen LogP contribution is -2.49. The molecule has 3 aliphatic rings. The normalized spacial score (nSPS) is 23.9. The molecule has 1 saturated carbocycles. The largest absolute Gasteiger partial charge is 0.467 e. The summed E-state index contributed by atoms with van der Waals surface area (Å²) >= 11 is 0. The Labute approximate surface area is 177 Å². The molecule has 30 heavy (non-hydrogen) atoms. The fraction of sp³-hybridized carbons (Fsp3) is 0.682. The van der Waals surface area contributed by atoms with Crippen molar-refractivity contribution in [1.82, 2.24) is 20.4 Å². The van der Waals surface area contributed by atoms with E-state index in [1.165, 1.54) is 0 Å². The van der Waals surface area contributed by atoms with Crippen molar-refractivity contribution in [1.29, 1.82) is 0 Å². The SMILES string of the molecule is CCN1C(=O)C2(CCN(C(=O)NCc3ccco3)CC2)CC1C(=O)NC1CCCC1. The Morgan fingerprint density at radius 2 is 1.97 bits per heavy atom. The summed E-state index contributed by atoms with van der Waals surface area (Å²) in [6, 6.07) is 3.33. The number of carbonyl (C=O) groups excluding carboxylic acids is 3. The molecular weight excluding hydrogens is 384 g/mol. The summed E-state index contributed by atoms with van der Waals surface area (Å²) in [7, 11) is 0. The lowest BCUT2D eigenvalue weighted by atomic mass is 9.76. The molecule has 2 aliphatic heterocycles. The molecule has 1 atom stereocenters. The van der Waals surface area contributed by atoms with Crippen molar-refractivity contribution in [2.45, 2.75) is 70.5 Å². The van der Waals surface area contributed by atoms with Crippen LogP contribution in [0.2, 0.25) is 0 Å². The zero-order valence-corrected chi connectivity index (χ0v) is 17.7. The van der Waals surface area contributed by atoms with E-state index in [-0.39, 0.29) is 29.9 Å². The summed E-state index contributed by atoms with van der Waals surface area (Å²) in [4.78, 5) is 42.1. The number of hydrogen-bond donors (Lipinski definition) is 2. The first-order chi connectivity index (χ1) is 14.5. The maximum atomic E-state index is 13.2. The molecule has 0 bridgehead atoms. The van der Waals surface area contributed by atoms with E-state index in [1.54, 1.807) is 22.1 Å². The van der Waals surface area contributed by atoms with Gasteiger partial charge in [-0.15, -0.1) is 0 Å². The predicted octanol–water partition coefficient (Wildman–Crippen LogP) is 2.25. The highest BCUT2D eigenvalue weighted by Gasteiger charge is 2.54. The number of piperidine rings is 1. The molecule has 0 radical (unpaired) electrons. The van der Waals surface area contributed by atoms with Crippen LogP contribution in [-0.4, -0.2) is 59.4 Å².